The summed E-state index contributed by atoms with van der Waals surface area (Å²) >= 11 is 0. The molecule has 0 radical (unpaired) electrons. The predicted molar refractivity (Wildman–Crippen MR) is 107 cm³/mol. The molecule has 0 atom stereocenters. The van der Waals surface area contributed by atoms with Crippen LogP contribution in [-0.2, 0) is 0 Å². The van der Waals surface area contributed by atoms with Crippen molar-refractivity contribution in [2.75, 3.05) is 7.11 Å². The van der Waals surface area contributed by atoms with E-state index in [4.69, 9.17) is 14.7 Å². The standard InChI is InChI=1S/C23H26N2O3/c1-22(2)20(25-19(26)15-9-7-6-8-10-15)23(3,4)21(22)28-17-12-11-16(14-24)18(13-17)27-5/h6-13,20-21H,1-5H3,(H,25,26). The molecule has 1 N–H and O–H groups in total. The van der Waals surface area contributed by atoms with Crippen molar-refractivity contribution in [2.45, 2.75) is 39.8 Å². The number of amides is 1. The topological polar surface area (TPSA) is 71.3 Å². The molecule has 0 aromatic heterocycles. The highest BCUT2D eigenvalue weighted by Crippen LogP contribution is 2.55. The highest BCUT2D eigenvalue weighted by atomic mass is 16.5. The average Bonchev–Trinajstić information content (AvgIpc) is 2.69. The quantitative estimate of drug-likeness (QED) is 0.847. The van der Waals surface area contributed by atoms with Gasteiger partial charge in [-0.15, -0.1) is 0 Å². The monoisotopic (exact) mass is 378 g/mol. The number of nitrogens with one attached hydrogen (secondary N) is 1. The first kappa shape index (κ1) is 19.8. The van der Waals surface area contributed by atoms with Crippen molar-refractivity contribution >= 4 is 5.91 Å². The SMILES string of the molecule is COc1cc(OC2C(C)(C)C(NC(=O)c3ccccc3)C2(C)C)ccc1C#N. The fraction of sp³-hybridized carbons (Fsp3) is 0.391. The Balaban J connectivity index is 1.78. The van der Waals surface area contributed by atoms with E-state index in [-0.39, 0.29) is 28.9 Å². The number of carbonyl (C=O) groups is 1. The van der Waals surface area contributed by atoms with Gasteiger partial charge in [-0.3, -0.25) is 4.79 Å². The minimum absolute atomic E-state index is 0.0435. The largest absolute Gasteiger partial charge is 0.495 e. The van der Waals surface area contributed by atoms with Gasteiger partial charge in [0.2, 0.25) is 0 Å². The minimum atomic E-state index is -0.269. The number of nitriles is 1. The van der Waals surface area contributed by atoms with Crippen LogP contribution in [-0.4, -0.2) is 25.2 Å². The van der Waals surface area contributed by atoms with Crippen molar-refractivity contribution in [2.24, 2.45) is 10.8 Å². The van der Waals surface area contributed by atoms with Crippen LogP contribution < -0.4 is 14.8 Å². The van der Waals surface area contributed by atoms with Gasteiger partial charge in [0.25, 0.3) is 5.91 Å². The number of rotatable bonds is 5. The normalized spacial score (nSPS) is 21.7. The highest BCUT2D eigenvalue weighted by Gasteiger charge is 2.64. The van der Waals surface area contributed by atoms with E-state index in [9.17, 15) is 4.79 Å². The van der Waals surface area contributed by atoms with Gasteiger partial charge >= 0.3 is 0 Å². The number of carbonyl (C=O) groups excluding carboxylic acids is 1. The zero-order chi connectivity index (χ0) is 20.5. The first-order valence-electron chi connectivity index (χ1n) is 9.32. The van der Waals surface area contributed by atoms with E-state index in [0.29, 0.717) is 22.6 Å². The van der Waals surface area contributed by atoms with Crippen LogP contribution in [0.3, 0.4) is 0 Å². The van der Waals surface area contributed by atoms with Crippen LogP contribution in [0.15, 0.2) is 48.5 Å². The van der Waals surface area contributed by atoms with Gasteiger partial charge in [0.1, 0.15) is 23.7 Å². The second kappa shape index (κ2) is 7.20. The summed E-state index contributed by atoms with van der Waals surface area (Å²) in [7, 11) is 1.53. The molecule has 0 bridgehead atoms. The highest BCUT2D eigenvalue weighted by molar-refractivity contribution is 5.94. The van der Waals surface area contributed by atoms with E-state index in [1.807, 2.05) is 30.3 Å². The summed E-state index contributed by atoms with van der Waals surface area (Å²) in [5, 5.41) is 12.3. The molecule has 0 saturated heterocycles. The Morgan fingerprint density at radius 3 is 2.29 bits per heavy atom. The number of ether oxygens (including phenoxy) is 2. The lowest BCUT2D eigenvalue weighted by molar-refractivity contribution is -0.164. The molecule has 2 aromatic rings. The van der Waals surface area contributed by atoms with Crippen LogP contribution in [0.1, 0.15) is 43.6 Å². The van der Waals surface area contributed by atoms with Crippen LogP contribution in [0, 0.1) is 22.2 Å². The molecule has 5 heteroatoms. The fourth-order valence-corrected chi connectivity index (χ4v) is 4.58. The van der Waals surface area contributed by atoms with Gasteiger partial charge in [0.15, 0.2) is 0 Å². The van der Waals surface area contributed by atoms with E-state index in [1.165, 1.54) is 7.11 Å². The summed E-state index contributed by atoms with van der Waals surface area (Å²) in [5.74, 6) is 1.06. The van der Waals surface area contributed by atoms with Crippen molar-refractivity contribution in [1.82, 2.24) is 5.32 Å². The van der Waals surface area contributed by atoms with Gasteiger partial charge in [0, 0.05) is 28.5 Å². The maximum absolute atomic E-state index is 12.6. The van der Waals surface area contributed by atoms with Gasteiger partial charge in [0.05, 0.1) is 12.7 Å². The van der Waals surface area contributed by atoms with Crippen molar-refractivity contribution in [3.05, 3.63) is 59.7 Å². The molecule has 5 nitrogen and oxygen atoms in total. The average molecular weight is 378 g/mol. The van der Waals surface area contributed by atoms with E-state index in [1.54, 1.807) is 18.2 Å². The Bertz CT molecular complexity index is 897. The van der Waals surface area contributed by atoms with Crippen LogP contribution in [0.5, 0.6) is 11.5 Å². The van der Waals surface area contributed by atoms with Crippen LogP contribution >= 0.6 is 0 Å². The zero-order valence-corrected chi connectivity index (χ0v) is 16.9. The number of hydrogen-bond donors (Lipinski definition) is 1. The Morgan fingerprint density at radius 1 is 1.07 bits per heavy atom. The van der Waals surface area contributed by atoms with Gasteiger partial charge in [-0.25, -0.2) is 0 Å². The number of methoxy groups -OCH3 is 1. The van der Waals surface area contributed by atoms with Gasteiger partial charge in [-0.2, -0.15) is 5.26 Å². The third kappa shape index (κ3) is 3.31. The first-order chi connectivity index (χ1) is 13.2. The summed E-state index contributed by atoms with van der Waals surface area (Å²) in [5.41, 5.74) is 0.578. The van der Waals surface area contributed by atoms with Crippen LogP contribution in [0.4, 0.5) is 0 Å². The number of benzene rings is 2. The lowest BCUT2D eigenvalue weighted by atomic mass is 9.49. The molecule has 1 aliphatic carbocycles. The predicted octanol–water partition coefficient (Wildman–Crippen LogP) is 4.18. The maximum Gasteiger partial charge on any atom is 0.251 e. The van der Waals surface area contributed by atoms with Crippen molar-refractivity contribution in [3.63, 3.8) is 0 Å². The zero-order valence-electron chi connectivity index (χ0n) is 16.9. The van der Waals surface area contributed by atoms with Crippen molar-refractivity contribution in [3.8, 4) is 17.6 Å². The molecule has 0 aliphatic heterocycles. The number of hydrogen-bond acceptors (Lipinski definition) is 4. The molecular weight excluding hydrogens is 352 g/mol. The minimum Gasteiger partial charge on any atom is -0.495 e. The molecule has 2 aromatic carbocycles. The first-order valence-corrected chi connectivity index (χ1v) is 9.32. The van der Waals surface area contributed by atoms with E-state index in [0.717, 1.165) is 0 Å². The van der Waals surface area contributed by atoms with Crippen molar-refractivity contribution in [1.29, 1.82) is 5.26 Å². The van der Waals surface area contributed by atoms with E-state index in [2.05, 4.69) is 39.1 Å². The molecule has 1 aliphatic rings. The lowest BCUT2D eigenvalue weighted by Crippen LogP contribution is -2.74. The van der Waals surface area contributed by atoms with Gasteiger partial charge < -0.3 is 14.8 Å². The summed E-state index contributed by atoms with van der Waals surface area (Å²) in [4.78, 5) is 12.6. The van der Waals surface area contributed by atoms with Crippen LogP contribution in [0.25, 0.3) is 0 Å². The van der Waals surface area contributed by atoms with E-state index >= 15 is 0 Å². The van der Waals surface area contributed by atoms with Crippen LogP contribution in [0.2, 0.25) is 0 Å². The second-order valence-corrected chi connectivity index (χ2v) is 8.39. The van der Waals surface area contributed by atoms with E-state index < -0.39 is 0 Å². The molecule has 1 amide bonds. The third-order valence-electron chi connectivity index (χ3n) is 5.70. The smallest absolute Gasteiger partial charge is 0.251 e. The summed E-state index contributed by atoms with van der Waals surface area (Å²) in [6.45, 7) is 8.39. The Morgan fingerprint density at radius 2 is 1.71 bits per heavy atom. The molecule has 1 saturated carbocycles. The second-order valence-electron chi connectivity index (χ2n) is 8.39. The van der Waals surface area contributed by atoms with Gasteiger partial charge in [-0.1, -0.05) is 45.9 Å². The summed E-state index contributed by atoms with van der Waals surface area (Å²) in [6.07, 6.45) is -0.112. The molecule has 0 unspecified atom stereocenters. The maximum atomic E-state index is 12.6. The fourth-order valence-electron chi connectivity index (χ4n) is 4.58. The molecule has 146 valence electrons. The molecule has 28 heavy (non-hydrogen) atoms. The molecular formula is C23H26N2O3. The Kier molecular flexibility index (Phi) is 5.08. The molecule has 0 heterocycles. The third-order valence-corrected chi connectivity index (χ3v) is 5.70. The molecule has 1 fully saturated rings. The summed E-state index contributed by atoms with van der Waals surface area (Å²) in [6, 6.07) is 16.5. The Labute approximate surface area is 166 Å². The van der Waals surface area contributed by atoms with Gasteiger partial charge in [-0.05, 0) is 24.3 Å². The molecule has 3 rings (SSSR count). The molecule has 0 spiro atoms. The summed E-state index contributed by atoms with van der Waals surface area (Å²) < 4.78 is 11.6. The lowest BCUT2D eigenvalue weighted by Gasteiger charge is -2.63. The Hall–Kier alpha value is -3.00. The number of nitrogens with zero attached hydrogens (tertiary/aromatic N) is 1. The van der Waals surface area contributed by atoms with Crippen molar-refractivity contribution < 1.29 is 14.3 Å².